The van der Waals surface area contributed by atoms with Crippen LogP contribution in [0.2, 0.25) is 10.0 Å². The highest BCUT2D eigenvalue weighted by molar-refractivity contribution is 7.88. The molecule has 0 radical (unpaired) electrons. The molecule has 1 aliphatic rings. The van der Waals surface area contributed by atoms with E-state index in [0.717, 1.165) is 6.42 Å². The summed E-state index contributed by atoms with van der Waals surface area (Å²) in [6, 6.07) is 4.80. The third-order valence-electron chi connectivity index (χ3n) is 4.45. The first-order valence-corrected chi connectivity index (χ1v) is 11.5. The van der Waals surface area contributed by atoms with Crippen LogP contribution in [0.1, 0.15) is 31.7 Å². The number of sulfonamides is 1. The van der Waals surface area contributed by atoms with Crippen LogP contribution in [0.15, 0.2) is 18.2 Å². The van der Waals surface area contributed by atoms with E-state index in [-0.39, 0.29) is 24.1 Å². The van der Waals surface area contributed by atoms with Crippen LogP contribution in [0, 0.1) is 5.92 Å². The number of hydrogen-bond acceptors (Lipinski definition) is 4. The van der Waals surface area contributed by atoms with E-state index in [2.05, 4.69) is 5.32 Å². The summed E-state index contributed by atoms with van der Waals surface area (Å²) in [7, 11) is -3.53. The van der Waals surface area contributed by atoms with E-state index >= 15 is 0 Å². The van der Waals surface area contributed by atoms with Gasteiger partial charge in [0.15, 0.2) is 0 Å². The molecule has 6 nitrogen and oxygen atoms in total. The predicted octanol–water partition coefficient (Wildman–Crippen LogP) is 3.08. The van der Waals surface area contributed by atoms with Gasteiger partial charge in [0, 0.05) is 32.8 Å². The Morgan fingerprint density at radius 3 is 2.81 bits per heavy atom. The minimum absolute atomic E-state index is 0.0964. The van der Waals surface area contributed by atoms with Crippen molar-refractivity contribution in [2.75, 3.05) is 32.8 Å². The van der Waals surface area contributed by atoms with E-state index in [1.165, 1.54) is 4.31 Å². The molecule has 1 aromatic carbocycles. The van der Waals surface area contributed by atoms with Crippen LogP contribution >= 0.6 is 23.2 Å². The number of amides is 1. The highest BCUT2D eigenvalue weighted by Gasteiger charge is 2.32. The van der Waals surface area contributed by atoms with Crippen molar-refractivity contribution in [3.63, 3.8) is 0 Å². The minimum Gasteiger partial charge on any atom is -0.382 e. The summed E-state index contributed by atoms with van der Waals surface area (Å²) < 4.78 is 32.2. The Hall–Kier alpha value is -0.860. The number of carbonyl (C=O) groups is 1. The zero-order chi connectivity index (χ0) is 19.9. The fourth-order valence-electron chi connectivity index (χ4n) is 3.01. The van der Waals surface area contributed by atoms with E-state index in [9.17, 15) is 13.2 Å². The molecule has 1 N–H and O–H groups in total. The van der Waals surface area contributed by atoms with Crippen molar-refractivity contribution >= 4 is 39.1 Å². The van der Waals surface area contributed by atoms with Crippen LogP contribution in [-0.2, 0) is 25.3 Å². The third kappa shape index (κ3) is 6.91. The maximum atomic E-state index is 12.8. The minimum atomic E-state index is -3.53. The van der Waals surface area contributed by atoms with Gasteiger partial charge in [-0.2, -0.15) is 0 Å². The maximum Gasteiger partial charge on any atom is 0.224 e. The van der Waals surface area contributed by atoms with Crippen molar-refractivity contribution in [2.24, 2.45) is 5.92 Å². The monoisotopic (exact) mass is 436 g/mol. The smallest absolute Gasteiger partial charge is 0.224 e. The Kier molecular flexibility index (Phi) is 8.82. The molecule has 0 spiro atoms. The molecule has 1 saturated heterocycles. The van der Waals surface area contributed by atoms with Gasteiger partial charge in [0.05, 0.1) is 21.7 Å². The van der Waals surface area contributed by atoms with Crippen molar-refractivity contribution in [2.45, 2.75) is 31.9 Å². The zero-order valence-corrected chi connectivity index (χ0v) is 17.7. The largest absolute Gasteiger partial charge is 0.382 e. The van der Waals surface area contributed by atoms with Crippen LogP contribution in [-0.4, -0.2) is 51.5 Å². The van der Waals surface area contributed by atoms with Crippen molar-refractivity contribution < 1.29 is 17.9 Å². The van der Waals surface area contributed by atoms with E-state index < -0.39 is 10.0 Å². The zero-order valence-electron chi connectivity index (χ0n) is 15.4. The van der Waals surface area contributed by atoms with Crippen LogP contribution in [0.3, 0.4) is 0 Å². The first-order chi connectivity index (χ1) is 12.8. The second kappa shape index (κ2) is 10.6. The SMILES string of the molecule is CCOCCCNC(=O)[C@@H]1CCCN(S(=O)(=O)Cc2ccc(Cl)c(Cl)c2)C1. The lowest BCUT2D eigenvalue weighted by Crippen LogP contribution is -2.45. The van der Waals surface area contributed by atoms with Crippen LogP contribution < -0.4 is 5.32 Å². The molecule has 2 rings (SSSR count). The number of halogens is 2. The fraction of sp³-hybridized carbons (Fsp3) is 0.611. The van der Waals surface area contributed by atoms with Gasteiger partial charge in [0.25, 0.3) is 0 Å². The number of rotatable bonds is 9. The summed E-state index contributed by atoms with van der Waals surface area (Å²) in [6.45, 7) is 4.35. The van der Waals surface area contributed by atoms with Gasteiger partial charge in [-0.1, -0.05) is 29.3 Å². The average molecular weight is 437 g/mol. The van der Waals surface area contributed by atoms with E-state index in [4.69, 9.17) is 27.9 Å². The molecule has 1 fully saturated rings. The second-order valence-corrected chi connectivity index (χ2v) is 9.33. The molecule has 1 atom stereocenters. The summed E-state index contributed by atoms with van der Waals surface area (Å²) in [6.07, 6.45) is 2.10. The molecular weight excluding hydrogens is 411 g/mol. The molecule has 1 amide bonds. The summed E-state index contributed by atoms with van der Waals surface area (Å²) in [4.78, 5) is 12.3. The predicted molar refractivity (Wildman–Crippen MR) is 108 cm³/mol. The molecule has 1 aliphatic heterocycles. The highest BCUT2D eigenvalue weighted by Crippen LogP contribution is 2.26. The highest BCUT2D eigenvalue weighted by atomic mass is 35.5. The normalized spacial score (nSPS) is 18.4. The summed E-state index contributed by atoms with van der Waals surface area (Å²) >= 11 is 11.9. The maximum absolute atomic E-state index is 12.8. The Labute approximate surface area is 171 Å². The van der Waals surface area contributed by atoms with Gasteiger partial charge in [0.1, 0.15) is 0 Å². The Balaban J connectivity index is 1.91. The topological polar surface area (TPSA) is 75.7 Å². The number of nitrogens with one attached hydrogen (secondary N) is 1. The third-order valence-corrected chi connectivity index (χ3v) is 7.01. The van der Waals surface area contributed by atoms with Crippen LogP contribution in [0.4, 0.5) is 0 Å². The average Bonchev–Trinajstić information content (AvgIpc) is 2.64. The molecule has 1 aromatic rings. The van der Waals surface area contributed by atoms with Gasteiger partial charge in [-0.05, 0) is 43.9 Å². The Morgan fingerprint density at radius 1 is 1.33 bits per heavy atom. The first-order valence-electron chi connectivity index (χ1n) is 9.10. The molecule has 1 heterocycles. The van der Waals surface area contributed by atoms with Gasteiger partial charge in [-0.3, -0.25) is 4.79 Å². The van der Waals surface area contributed by atoms with Crippen molar-refractivity contribution in [3.05, 3.63) is 33.8 Å². The number of piperidine rings is 1. The fourth-order valence-corrected chi connectivity index (χ4v) is 4.93. The van der Waals surface area contributed by atoms with Gasteiger partial charge >= 0.3 is 0 Å². The Morgan fingerprint density at radius 2 is 2.11 bits per heavy atom. The standard InChI is InChI=1S/C18H26Cl2N2O4S/c1-2-26-10-4-8-21-18(23)15-5-3-9-22(12-15)27(24,25)13-14-6-7-16(19)17(20)11-14/h6-7,11,15H,2-5,8-10,12-13H2,1H3,(H,21,23)/t15-/m1/s1. The molecule has 0 aromatic heterocycles. The summed E-state index contributed by atoms with van der Waals surface area (Å²) in [5.74, 6) is -0.581. The lowest BCUT2D eigenvalue weighted by atomic mass is 9.99. The van der Waals surface area contributed by atoms with Gasteiger partial charge in [0.2, 0.25) is 15.9 Å². The molecule has 27 heavy (non-hydrogen) atoms. The lowest BCUT2D eigenvalue weighted by molar-refractivity contribution is -0.126. The van der Waals surface area contributed by atoms with Crippen molar-refractivity contribution in [3.8, 4) is 0 Å². The number of benzene rings is 1. The molecule has 0 unspecified atom stereocenters. The van der Waals surface area contributed by atoms with Crippen molar-refractivity contribution in [1.82, 2.24) is 9.62 Å². The van der Waals surface area contributed by atoms with E-state index in [1.54, 1.807) is 18.2 Å². The van der Waals surface area contributed by atoms with E-state index in [0.29, 0.717) is 54.8 Å². The van der Waals surface area contributed by atoms with Crippen LogP contribution in [0.25, 0.3) is 0 Å². The Bertz CT molecular complexity index is 743. The second-order valence-electron chi connectivity index (χ2n) is 6.54. The molecule has 0 saturated carbocycles. The first kappa shape index (κ1) is 22.4. The van der Waals surface area contributed by atoms with Gasteiger partial charge < -0.3 is 10.1 Å². The molecular formula is C18H26Cl2N2O4S. The van der Waals surface area contributed by atoms with Crippen LogP contribution in [0.5, 0.6) is 0 Å². The van der Waals surface area contributed by atoms with Gasteiger partial charge in [-0.25, -0.2) is 12.7 Å². The summed E-state index contributed by atoms with van der Waals surface area (Å²) in [5, 5.41) is 3.59. The molecule has 0 bridgehead atoms. The molecule has 152 valence electrons. The number of nitrogens with zero attached hydrogens (tertiary/aromatic N) is 1. The van der Waals surface area contributed by atoms with Gasteiger partial charge in [-0.15, -0.1) is 0 Å². The summed E-state index contributed by atoms with van der Waals surface area (Å²) in [5.41, 5.74) is 0.576. The number of carbonyl (C=O) groups excluding carboxylic acids is 1. The lowest BCUT2D eigenvalue weighted by Gasteiger charge is -2.31. The quantitative estimate of drug-likeness (QED) is 0.603. The number of ether oxygens (including phenoxy) is 1. The number of hydrogen-bond donors (Lipinski definition) is 1. The van der Waals surface area contributed by atoms with E-state index in [1.807, 2.05) is 6.92 Å². The van der Waals surface area contributed by atoms with Crippen molar-refractivity contribution in [1.29, 1.82) is 0 Å². The molecule has 9 heteroatoms. The molecule has 0 aliphatic carbocycles.